The molecule has 1 aliphatic heterocycles. The molecule has 0 saturated carbocycles. The van der Waals surface area contributed by atoms with E-state index in [2.05, 4.69) is 15.1 Å². The van der Waals surface area contributed by atoms with Crippen LogP contribution < -0.4 is 5.56 Å². The fourth-order valence-electron chi connectivity index (χ4n) is 3.04. The maximum atomic E-state index is 12.9. The molecule has 120 valence electrons. The molecule has 0 amide bonds. The second kappa shape index (κ2) is 5.61. The van der Waals surface area contributed by atoms with Gasteiger partial charge in [0.1, 0.15) is 0 Å². The highest BCUT2D eigenvalue weighted by Gasteiger charge is 2.19. The van der Waals surface area contributed by atoms with Gasteiger partial charge >= 0.3 is 0 Å². The van der Waals surface area contributed by atoms with Gasteiger partial charge in [0.25, 0.3) is 11.3 Å². The van der Waals surface area contributed by atoms with Crippen molar-refractivity contribution >= 4 is 28.4 Å². The molecule has 1 atom stereocenters. The van der Waals surface area contributed by atoms with E-state index < -0.39 is 0 Å². The lowest BCUT2D eigenvalue weighted by molar-refractivity contribution is 0.0963. The van der Waals surface area contributed by atoms with Crippen LogP contribution in [0, 0.1) is 6.92 Å². The molecule has 1 fully saturated rings. The van der Waals surface area contributed by atoms with Crippen molar-refractivity contribution in [1.29, 1.82) is 0 Å². The van der Waals surface area contributed by atoms with Crippen LogP contribution in [0.25, 0.3) is 16.7 Å². The lowest BCUT2D eigenvalue weighted by Crippen LogP contribution is -2.27. The quantitative estimate of drug-likeness (QED) is 0.679. The summed E-state index contributed by atoms with van der Waals surface area (Å²) in [6.45, 7) is 3.21. The molecule has 0 aromatic carbocycles. The zero-order valence-corrected chi connectivity index (χ0v) is 13.8. The topological polar surface area (TPSA) is 74.3 Å². The first kappa shape index (κ1) is 14.6. The summed E-state index contributed by atoms with van der Waals surface area (Å²) in [6.07, 6.45) is 5.91. The summed E-state index contributed by atoms with van der Waals surface area (Å²) in [6, 6.07) is 1.91. The number of nitrogens with zero attached hydrogens (tertiary/aromatic N) is 5. The van der Waals surface area contributed by atoms with Gasteiger partial charge in [0.2, 0.25) is 5.16 Å². The van der Waals surface area contributed by atoms with Gasteiger partial charge in [-0.25, -0.2) is 4.98 Å². The average molecular weight is 331 g/mol. The largest absolute Gasteiger partial charge is 0.376 e. The van der Waals surface area contributed by atoms with E-state index in [4.69, 9.17) is 4.74 Å². The zero-order valence-electron chi connectivity index (χ0n) is 13.0. The van der Waals surface area contributed by atoms with Crippen molar-refractivity contribution in [2.45, 2.75) is 37.6 Å². The second-order valence-corrected chi connectivity index (χ2v) is 6.45. The Bertz CT molecular complexity index is 942. The Balaban J connectivity index is 1.90. The van der Waals surface area contributed by atoms with Crippen LogP contribution in [0.3, 0.4) is 0 Å². The van der Waals surface area contributed by atoms with Crippen LogP contribution in [0.5, 0.6) is 0 Å². The minimum absolute atomic E-state index is 0.0499. The Morgan fingerprint density at radius 1 is 1.43 bits per heavy atom. The third-order valence-electron chi connectivity index (χ3n) is 4.18. The minimum Gasteiger partial charge on any atom is -0.376 e. The molecular formula is C15H17N5O2S. The van der Waals surface area contributed by atoms with E-state index in [1.54, 1.807) is 9.08 Å². The molecule has 0 aliphatic carbocycles. The van der Waals surface area contributed by atoms with Gasteiger partial charge in [-0.05, 0) is 32.1 Å². The molecule has 1 unspecified atom stereocenters. The SMILES string of the molecule is CSc1nc2nc(C)c3c(=O)n(CC4CCCO4)ccc3n2n1. The summed E-state index contributed by atoms with van der Waals surface area (Å²) >= 11 is 1.45. The number of thioether (sulfide) groups is 1. The number of aromatic nitrogens is 5. The van der Waals surface area contributed by atoms with Gasteiger partial charge in [-0.3, -0.25) is 4.79 Å². The van der Waals surface area contributed by atoms with Gasteiger partial charge in [0.05, 0.1) is 29.2 Å². The summed E-state index contributed by atoms with van der Waals surface area (Å²) in [5.74, 6) is 0.524. The predicted octanol–water partition coefficient (Wildman–Crippen LogP) is 1.65. The molecule has 0 spiro atoms. The molecule has 0 N–H and O–H groups in total. The fourth-order valence-corrected chi connectivity index (χ4v) is 3.38. The van der Waals surface area contributed by atoms with Crippen molar-refractivity contribution in [3.05, 3.63) is 28.3 Å². The van der Waals surface area contributed by atoms with E-state index in [0.717, 1.165) is 25.0 Å². The number of hydrogen-bond donors (Lipinski definition) is 0. The Morgan fingerprint density at radius 3 is 3.04 bits per heavy atom. The number of rotatable bonds is 3. The maximum Gasteiger partial charge on any atom is 0.261 e. The summed E-state index contributed by atoms with van der Waals surface area (Å²) in [5.41, 5.74) is 1.37. The number of hydrogen-bond acceptors (Lipinski definition) is 6. The summed E-state index contributed by atoms with van der Waals surface area (Å²) in [5, 5.41) is 5.65. The highest BCUT2D eigenvalue weighted by atomic mass is 32.2. The van der Waals surface area contributed by atoms with E-state index in [0.29, 0.717) is 28.6 Å². The maximum absolute atomic E-state index is 12.9. The summed E-state index contributed by atoms with van der Waals surface area (Å²) in [4.78, 5) is 21.6. The Labute approximate surface area is 136 Å². The summed E-state index contributed by atoms with van der Waals surface area (Å²) in [7, 11) is 0. The molecule has 1 saturated heterocycles. The van der Waals surface area contributed by atoms with Gasteiger partial charge in [-0.1, -0.05) is 11.8 Å². The first-order valence-corrected chi connectivity index (χ1v) is 8.82. The monoisotopic (exact) mass is 331 g/mol. The average Bonchev–Trinajstić information content (AvgIpc) is 3.18. The first-order valence-electron chi connectivity index (χ1n) is 7.59. The summed E-state index contributed by atoms with van der Waals surface area (Å²) < 4.78 is 8.99. The molecule has 3 aromatic rings. The zero-order chi connectivity index (χ0) is 16.0. The molecule has 4 heterocycles. The van der Waals surface area contributed by atoms with Gasteiger partial charge in [0.15, 0.2) is 0 Å². The van der Waals surface area contributed by atoms with E-state index in [9.17, 15) is 4.79 Å². The molecule has 8 heteroatoms. The van der Waals surface area contributed by atoms with Crippen molar-refractivity contribution in [3.63, 3.8) is 0 Å². The molecule has 0 radical (unpaired) electrons. The van der Waals surface area contributed by atoms with Crippen LogP contribution >= 0.6 is 11.8 Å². The molecule has 1 aliphatic rings. The van der Waals surface area contributed by atoms with Gasteiger partial charge < -0.3 is 9.30 Å². The normalized spacial score (nSPS) is 18.3. The number of aryl methyl sites for hydroxylation is 1. The number of fused-ring (bicyclic) bond motifs is 3. The Hall–Kier alpha value is -1.93. The van der Waals surface area contributed by atoms with E-state index >= 15 is 0 Å². The van der Waals surface area contributed by atoms with Crippen LogP contribution in [-0.4, -0.2) is 43.1 Å². The van der Waals surface area contributed by atoms with Crippen LogP contribution in [-0.2, 0) is 11.3 Å². The molecule has 0 bridgehead atoms. The Kier molecular flexibility index (Phi) is 3.57. The van der Waals surface area contributed by atoms with E-state index in [1.165, 1.54) is 11.8 Å². The smallest absolute Gasteiger partial charge is 0.261 e. The minimum atomic E-state index is -0.0499. The second-order valence-electron chi connectivity index (χ2n) is 5.68. The van der Waals surface area contributed by atoms with Gasteiger partial charge in [-0.15, -0.1) is 5.10 Å². The van der Waals surface area contributed by atoms with Crippen LogP contribution in [0.1, 0.15) is 18.5 Å². The lowest BCUT2D eigenvalue weighted by Gasteiger charge is -2.13. The van der Waals surface area contributed by atoms with Crippen LogP contribution in [0.2, 0.25) is 0 Å². The van der Waals surface area contributed by atoms with Crippen molar-refractivity contribution in [2.75, 3.05) is 12.9 Å². The van der Waals surface area contributed by atoms with Crippen molar-refractivity contribution in [2.24, 2.45) is 0 Å². The highest BCUT2D eigenvalue weighted by molar-refractivity contribution is 7.98. The molecule has 3 aromatic heterocycles. The van der Waals surface area contributed by atoms with Crippen LogP contribution in [0.4, 0.5) is 0 Å². The standard InChI is InChI=1S/C15H17N5O2S/c1-9-12-11(20-14(16-9)17-15(18-20)23-2)5-6-19(13(12)21)8-10-4-3-7-22-10/h5-6,10H,3-4,7-8H2,1-2H3. The fraction of sp³-hybridized carbons (Fsp3) is 0.467. The first-order chi connectivity index (χ1) is 11.2. The van der Waals surface area contributed by atoms with E-state index in [-0.39, 0.29) is 11.7 Å². The van der Waals surface area contributed by atoms with Gasteiger partial charge in [-0.2, -0.15) is 9.50 Å². The third-order valence-corrected chi connectivity index (χ3v) is 4.72. The number of ether oxygens (including phenoxy) is 1. The Morgan fingerprint density at radius 2 is 2.30 bits per heavy atom. The molecule has 4 rings (SSSR count). The molecule has 23 heavy (non-hydrogen) atoms. The molecule has 7 nitrogen and oxygen atoms in total. The van der Waals surface area contributed by atoms with Crippen molar-refractivity contribution in [3.8, 4) is 0 Å². The van der Waals surface area contributed by atoms with Gasteiger partial charge in [0, 0.05) is 12.8 Å². The third kappa shape index (κ3) is 2.42. The van der Waals surface area contributed by atoms with Crippen molar-refractivity contribution < 1.29 is 4.74 Å². The number of pyridine rings is 1. The lowest BCUT2D eigenvalue weighted by atomic mass is 10.2. The van der Waals surface area contributed by atoms with Crippen molar-refractivity contribution in [1.82, 2.24) is 24.1 Å². The predicted molar refractivity (Wildman–Crippen MR) is 88.0 cm³/mol. The highest BCUT2D eigenvalue weighted by Crippen LogP contribution is 2.18. The van der Waals surface area contributed by atoms with E-state index in [1.807, 2.05) is 25.4 Å². The molecular weight excluding hydrogens is 314 g/mol. The van der Waals surface area contributed by atoms with Crippen LogP contribution in [0.15, 0.2) is 22.2 Å².